The van der Waals surface area contributed by atoms with E-state index < -0.39 is 21.9 Å². The van der Waals surface area contributed by atoms with Gasteiger partial charge in [-0.05, 0) is 54.1 Å². The van der Waals surface area contributed by atoms with Crippen LogP contribution in [0.5, 0.6) is 0 Å². The number of nitrogens with zero attached hydrogens (tertiary/aromatic N) is 1. The maximum atomic E-state index is 12.9. The summed E-state index contributed by atoms with van der Waals surface area (Å²) in [5.74, 6) is -1.50. The molecule has 0 saturated heterocycles. The van der Waals surface area contributed by atoms with Crippen molar-refractivity contribution in [2.45, 2.75) is 17.7 Å². The first-order valence-corrected chi connectivity index (χ1v) is 11.4. The Kier molecular flexibility index (Phi) is 6.53. The van der Waals surface area contributed by atoms with Crippen LogP contribution >= 0.6 is 11.3 Å². The van der Waals surface area contributed by atoms with Gasteiger partial charge in [0.25, 0.3) is 10.0 Å². The van der Waals surface area contributed by atoms with Gasteiger partial charge in [0.2, 0.25) is 5.91 Å². The number of nitrogens with two attached hydrogens (primary N) is 1. The van der Waals surface area contributed by atoms with Gasteiger partial charge in [-0.15, -0.1) is 0 Å². The number of sulfonamides is 1. The van der Waals surface area contributed by atoms with Gasteiger partial charge in [0, 0.05) is 17.5 Å². The fraction of sp³-hybridized carbons (Fsp3) is 0.143. The lowest BCUT2D eigenvalue weighted by molar-refractivity contribution is 0.0697. The molecule has 3 N–H and O–H groups in total. The largest absolute Gasteiger partial charge is 0.478 e. The Morgan fingerprint density at radius 1 is 1.03 bits per heavy atom. The number of thiophene rings is 1. The third-order valence-electron chi connectivity index (χ3n) is 4.54. The maximum absolute atomic E-state index is 12.9. The average Bonchev–Trinajstić information content (AvgIpc) is 3.29. The van der Waals surface area contributed by atoms with Gasteiger partial charge in [0.1, 0.15) is 0 Å². The predicted octanol–water partition coefficient (Wildman–Crippen LogP) is 3.37. The molecule has 0 atom stereocenters. The van der Waals surface area contributed by atoms with Gasteiger partial charge in [-0.25, -0.2) is 13.2 Å². The minimum atomic E-state index is -3.71. The van der Waals surface area contributed by atoms with Crippen molar-refractivity contribution < 1.29 is 23.1 Å². The molecule has 9 heteroatoms. The second-order valence-corrected chi connectivity index (χ2v) is 9.16. The molecule has 2 aromatic carbocycles. The summed E-state index contributed by atoms with van der Waals surface area (Å²) in [7, 11) is -3.71. The Bertz CT molecular complexity index is 1160. The Morgan fingerprint density at radius 3 is 2.43 bits per heavy atom. The van der Waals surface area contributed by atoms with Crippen LogP contribution in [0, 0.1) is 0 Å². The van der Waals surface area contributed by atoms with E-state index in [1.165, 1.54) is 39.9 Å². The second kappa shape index (κ2) is 9.10. The molecule has 2 heterocycles. The highest BCUT2D eigenvalue weighted by molar-refractivity contribution is 7.92. The van der Waals surface area contributed by atoms with Gasteiger partial charge >= 0.3 is 5.97 Å². The standard InChI is InChI=1S/C16H16N2O3S.C5H4O2S/c17-16(19)13-6-3-8-14(11-13)22(20,21)18-10-4-7-12-5-1-2-9-15(12)18;6-5(7)4-1-2-8-3-4/h1-3,5-6,8-9,11H,4,7,10H2,(H2,17,19);1-3H,(H,6,7). The number of carbonyl (C=O) groups excluding carboxylic acids is 1. The van der Waals surface area contributed by atoms with E-state index in [4.69, 9.17) is 10.8 Å². The van der Waals surface area contributed by atoms with Gasteiger partial charge < -0.3 is 10.8 Å². The summed E-state index contributed by atoms with van der Waals surface area (Å²) in [5.41, 5.74) is 7.51. The fourth-order valence-corrected chi connectivity index (χ4v) is 5.29. The number of hydrogen-bond acceptors (Lipinski definition) is 5. The number of benzene rings is 2. The van der Waals surface area contributed by atoms with Crippen LogP contribution in [0.3, 0.4) is 0 Å². The molecule has 0 spiro atoms. The molecule has 0 fully saturated rings. The molecular formula is C21H20N2O5S2. The van der Waals surface area contributed by atoms with Crippen LogP contribution in [-0.2, 0) is 16.4 Å². The summed E-state index contributed by atoms with van der Waals surface area (Å²) >= 11 is 1.39. The molecule has 0 unspecified atom stereocenters. The summed E-state index contributed by atoms with van der Waals surface area (Å²) in [5, 5.41) is 11.6. The predicted molar refractivity (Wildman–Crippen MR) is 116 cm³/mol. The van der Waals surface area contributed by atoms with Crippen LogP contribution in [0.15, 0.2) is 70.3 Å². The van der Waals surface area contributed by atoms with E-state index in [1.807, 2.05) is 24.3 Å². The summed E-state index contributed by atoms with van der Waals surface area (Å²) in [6.45, 7) is 0.431. The smallest absolute Gasteiger partial charge is 0.336 e. The molecule has 1 aliphatic heterocycles. The average molecular weight is 445 g/mol. The van der Waals surface area contributed by atoms with E-state index in [9.17, 15) is 18.0 Å². The van der Waals surface area contributed by atoms with E-state index >= 15 is 0 Å². The normalized spacial score (nSPS) is 13.0. The minimum absolute atomic E-state index is 0.0838. The zero-order chi connectivity index (χ0) is 21.7. The third-order valence-corrected chi connectivity index (χ3v) is 7.03. The van der Waals surface area contributed by atoms with E-state index in [0.29, 0.717) is 17.8 Å². The molecule has 1 aromatic heterocycles. The lowest BCUT2D eigenvalue weighted by atomic mass is 10.0. The number of rotatable bonds is 4. The topological polar surface area (TPSA) is 118 Å². The lowest BCUT2D eigenvalue weighted by Crippen LogP contribution is -2.35. The van der Waals surface area contributed by atoms with Crippen molar-refractivity contribution >= 4 is 38.9 Å². The summed E-state index contributed by atoms with van der Waals surface area (Å²) in [6, 6.07) is 14.9. The Labute approximate surface area is 178 Å². The highest BCUT2D eigenvalue weighted by atomic mass is 32.2. The molecule has 30 heavy (non-hydrogen) atoms. The van der Waals surface area contributed by atoms with E-state index in [1.54, 1.807) is 16.8 Å². The lowest BCUT2D eigenvalue weighted by Gasteiger charge is -2.30. The van der Waals surface area contributed by atoms with Gasteiger partial charge in [0.05, 0.1) is 16.1 Å². The highest BCUT2D eigenvalue weighted by Crippen LogP contribution is 2.31. The van der Waals surface area contributed by atoms with E-state index in [0.717, 1.165) is 18.4 Å². The number of fused-ring (bicyclic) bond motifs is 1. The van der Waals surface area contributed by atoms with Crippen LogP contribution < -0.4 is 10.0 Å². The van der Waals surface area contributed by atoms with Crippen molar-refractivity contribution in [2.75, 3.05) is 10.8 Å². The summed E-state index contributed by atoms with van der Waals surface area (Å²) in [6.07, 6.45) is 1.63. The molecule has 4 rings (SSSR count). The number of para-hydroxylation sites is 1. The molecule has 0 bridgehead atoms. The van der Waals surface area contributed by atoms with Crippen molar-refractivity contribution in [3.63, 3.8) is 0 Å². The number of aryl methyl sites for hydroxylation is 1. The molecule has 0 saturated carbocycles. The Balaban J connectivity index is 0.000000269. The van der Waals surface area contributed by atoms with Crippen molar-refractivity contribution in [3.8, 4) is 0 Å². The number of aromatic carboxylic acids is 1. The molecule has 156 valence electrons. The number of anilines is 1. The Hall–Kier alpha value is -3.17. The highest BCUT2D eigenvalue weighted by Gasteiger charge is 2.29. The van der Waals surface area contributed by atoms with Crippen molar-refractivity contribution in [1.82, 2.24) is 0 Å². The number of carboxylic acids is 1. The number of hydrogen-bond donors (Lipinski definition) is 2. The molecule has 0 radical (unpaired) electrons. The number of primary amides is 1. The number of amides is 1. The first kappa shape index (κ1) is 21.5. The van der Waals surface area contributed by atoms with Crippen molar-refractivity contribution in [2.24, 2.45) is 5.73 Å². The van der Waals surface area contributed by atoms with Crippen LogP contribution in [-0.4, -0.2) is 31.9 Å². The van der Waals surface area contributed by atoms with Gasteiger partial charge in [0.15, 0.2) is 0 Å². The zero-order valence-electron chi connectivity index (χ0n) is 15.9. The molecule has 7 nitrogen and oxygen atoms in total. The van der Waals surface area contributed by atoms with E-state index in [2.05, 4.69) is 0 Å². The van der Waals surface area contributed by atoms with Gasteiger partial charge in [-0.2, -0.15) is 11.3 Å². The minimum Gasteiger partial charge on any atom is -0.478 e. The van der Waals surface area contributed by atoms with Crippen LogP contribution in [0.4, 0.5) is 5.69 Å². The van der Waals surface area contributed by atoms with Crippen molar-refractivity contribution in [1.29, 1.82) is 0 Å². The van der Waals surface area contributed by atoms with Crippen LogP contribution in [0.2, 0.25) is 0 Å². The first-order chi connectivity index (χ1) is 14.3. The van der Waals surface area contributed by atoms with Crippen molar-refractivity contribution in [3.05, 3.63) is 82.0 Å². The quantitative estimate of drug-likeness (QED) is 0.640. The second-order valence-electron chi connectivity index (χ2n) is 6.52. The number of carboxylic acid groups (broad SMARTS) is 1. The van der Waals surface area contributed by atoms with Crippen LogP contribution in [0.25, 0.3) is 0 Å². The molecule has 0 aliphatic carbocycles. The summed E-state index contributed by atoms with van der Waals surface area (Å²) < 4.78 is 27.2. The monoisotopic (exact) mass is 444 g/mol. The van der Waals surface area contributed by atoms with Gasteiger partial charge in [-0.3, -0.25) is 9.10 Å². The van der Waals surface area contributed by atoms with E-state index in [-0.39, 0.29) is 10.5 Å². The fourth-order valence-electron chi connectivity index (χ4n) is 3.07. The first-order valence-electron chi connectivity index (χ1n) is 9.06. The molecule has 1 aliphatic rings. The zero-order valence-corrected chi connectivity index (χ0v) is 17.5. The molecule has 3 aromatic rings. The maximum Gasteiger partial charge on any atom is 0.336 e. The Morgan fingerprint density at radius 2 is 1.80 bits per heavy atom. The third kappa shape index (κ3) is 4.69. The SMILES string of the molecule is NC(=O)c1cccc(S(=O)(=O)N2CCCc3ccccc32)c1.O=C(O)c1ccsc1. The van der Waals surface area contributed by atoms with Gasteiger partial charge in [-0.1, -0.05) is 24.3 Å². The molecule has 1 amide bonds. The van der Waals surface area contributed by atoms with Crippen LogP contribution in [0.1, 0.15) is 32.7 Å². The molecular weight excluding hydrogens is 424 g/mol. The summed E-state index contributed by atoms with van der Waals surface area (Å²) in [4.78, 5) is 21.4. The number of carbonyl (C=O) groups is 2.